The monoisotopic (exact) mass is 424 g/mol. The number of rotatable bonds is 5. The second-order valence-corrected chi connectivity index (χ2v) is 7.42. The Morgan fingerprint density at radius 2 is 1.66 bits per heavy atom. The van der Waals surface area contributed by atoms with Gasteiger partial charge in [-0.05, 0) is 47.4 Å². The zero-order valence-electron chi connectivity index (χ0n) is 17.4. The fraction of sp³-hybridized carbons (Fsp3) is 0.0385. The van der Waals surface area contributed by atoms with Gasteiger partial charge in [-0.1, -0.05) is 60.7 Å². The molecular formula is C26H19BF2N2O. The van der Waals surface area contributed by atoms with Crippen LogP contribution in [0.15, 0.2) is 108 Å². The number of benzene rings is 3. The lowest BCUT2D eigenvalue weighted by Gasteiger charge is -2.13. The molecule has 0 radical (unpaired) electrons. The molecule has 0 spiro atoms. The second-order valence-electron chi connectivity index (χ2n) is 7.42. The molecule has 3 nitrogen and oxygen atoms in total. The Kier molecular flexibility index (Phi) is 5.19. The number of para-hydroxylation sites is 1. The van der Waals surface area contributed by atoms with Crippen molar-refractivity contribution in [3.8, 4) is 5.75 Å². The maximum absolute atomic E-state index is 14.3. The lowest BCUT2D eigenvalue weighted by molar-refractivity contribution is 0.414. The predicted octanol–water partition coefficient (Wildman–Crippen LogP) is 6.24. The zero-order valence-corrected chi connectivity index (χ0v) is 17.4. The standard InChI is InChI=1S/C26H19BF2N2O/c1-32-21-12-7-11-19(16-21)22-14-15-23(30-22)26(18-8-3-2-4-9-18)25-17-20-10-5-6-13-24(20)31(25)27(28)29/h2-17H,1H3/b26-23-. The lowest BCUT2D eigenvalue weighted by atomic mass is 9.99. The van der Waals surface area contributed by atoms with Gasteiger partial charge in [-0.2, -0.15) is 0 Å². The molecule has 0 fully saturated rings. The molecule has 4 aromatic rings. The van der Waals surface area contributed by atoms with Crippen molar-refractivity contribution in [1.82, 2.24) is 4.48 Å². The quantitative estimate of drug-likeness (QED) is 0.349. The smallest absolute Gasteiger partial charge is 0.497 e. The molecule has 3 aromatic carbocycles. The number of fused-ring (bicyclic) bond motifs is 1. The van der Waals surface area contributed by atoms with Crippen molar-refractivity contribution in [2.75, 3.05) is 7.11 Å². The van der Waals surface area contributed by atoms with Crippen LogP contribution in [0.3, 0.4) is 0 Å². The van der Waals surface area contributed by atoms with Gasteiger partial charge in [0.05, 0.1) is 18.5 Å². The van der Waals surface area contributed by atoms with Crippen LogP contribution in [-0.2, 0) is 0 Å². The number of ether oxygens (including phenoxy) is 1. The molecule has 32 heavy (non-hydrogen) atoms. The maximum Gasteiger partial charge on any atom is 0.678 e. The summed E-state index contributed by atoms with van der Waals surface area (Å²) in [5, 5.41) is 0.760. The number of aliphatic imine (C=N–C) groups is 1. The summed E-state index contributed by atoms with van der Waals surface area (Å²) in [6, 6.07) is 26.2. The summed E-state index contributed by atoms with van der Waals surface area (Å²) in [5.41, 5.74) is 4.71. The van der Waals surface area contributed by atoms with Crippen molar-refractivity contribution < 1.29 is 13.4 Å². The lowest BCUT2D eigenvalue weighted by Crippen LogP contribution is -2.16. The predicted molar refractivity (Wildman–Crippen MR) is 126 cm³/mol. The fourth-order valence-electron chi connectivity index (χ4n) is 4.05. The fourth-order valence-corrected chi connectivity index (χ4v) is 4.05. The van der Waals surface area contributed by atoms with Gasteiger partial charge in [-0.15, -0.1) is 0 Å². The van der Waals surface area contributed by atoms with E-state index in [1.165, 1.54) is 0 Å². The molecule has 1 aromatic heterocycles. The van der Waals surface area contributed by atoms with Crippen LogP contribution in [0.5, 0.6) is 5.75 Å². The van der Waals surface area contributed by atoms with E-state index in [0.29, 0.717) is 22.5 Å². The van der Waals surface area contributed by atoms with E-state index in [4.69, 9.17) is 9.73 Å². The summed E-state index contributed by atoms with van der Waals surface area (Å²) in [5.74, 6) is 0.733. The first-order chi connectivity index (χ1) is 15.7. The van der Waals surface area contributed by atoms with Crippen LogP contribution < -0.4 is 4.74 Å². The van der Waals surface area contributed by atoms with Crippen molar-refractivity contribution in [3.05, 3.63) is 120 Å². The molecule has 2 heterocycles. The Hall–Kier alpha value is -3.93. The van der Waals surface area contributed by atoms with Gasteiger partial charge in [0.2, 0.25) is 0 Å². The summed E-state index contributed by atoms with van der Waals surface area (Å²) in [6.45, 7) is 0. The highest BCUT2D eigenvalue weighted by molar-refractivity contribution is 6.43. The highest BCUT2D eigenvalue weighted by Crippen LogP contribution is 2.35. The largest absolute Gasteiger partial charge is 0.678 e. The summed E-state index contributed by atoms with van der Waals surface area (Å²) >= 11 is 0. The molecule has 1 aliphatic rings. The van der Waals surface area contributed by atoms with E-state index in [9.17, 15) is 8.63 Å². The molecule has 0 saturated heterocycles. The number of aromatic nitrogens is 1. The van der Waals surface area contributed by atoms with E-state index in [1.807, 2.05) is 84.9 Å². The first kappa shape index (κ1) is 20.0. The number of hydrogen-bond donors (Lipinski definition) is 0. The number of methoxy groups -OCH3 is 1. The first-order valence-corrected chi connectivity index (χ1v) is 10.2. The van der Waals surface area contributed by atoms with Gasteiger partial charge in [0.15, 0.2) is 0 Å². The molecule has 0 aliphatic carbocycles. The van der Waals surface area contributed by atoms with Crippen molar-refractivity contribution in [2.24, 2.45) is 4.99 Å². The Bertz CT molecular complexity index is 1390. The van der Waals surface area contributed by atoms with Gasteiger partial charge >= 0.3 is 7.40 Å². The molecule has 0 saturated carbocycles. The Morgan fingerprint density at radius 1 is 0.875 bits per heavy atom. The third-order valence-electron chi connectivity index (χ3n) is 5.52. The number of hydrogen-bond acceptors (Lipinski definition) is 2. The van der Waals surface area contributed by atoms with Crippen molar-refractivity contribution >= 4 is 29.6 Å². The van der Waals surface area contributed by atoms with Crippen LogP contribution in [0.1, 0.15) is 16.8 Å². The zero-order chi connectivity index (χ0) is 22.1. The van der Waals surface area contributed by atoms with Gasteiger partial charge < -0.3 is 9.21 Å². The van der Waals surface area contributed by atoms with E-state index in [0.717, 1.165) is 32.5 Å². The van der Waals surface area contributed by atoms with Crippen LogP contribution >= 0.6 is 0 Å². The normalized spacial score (nSPS) is 14.5. The second kappa shape index (κ2) is 8.31. The van der Waals surface area contributed by atoms with Crippen molar-refractivity contribution in [3.63, 3.8) is 0 Å². The Labute approximate surface area is 185 Å². The van der Waals surface area contributed by atoms with E-state index in [1.54, 1.807) is 19.2 Å². The van der Waals surface area contributed by atoms with Gasteiger partial charge in [-0.3, -0.25) is 8.63 Å². The van der Waals surface area contributed by atoms with Crippen LogP contribution in [0, 0.1) is 0 Å². The first-order valence-electron chi connectivity index (χ1n) is 10.2. The van der Waals surface area contributed by atoms with Crippen LogP contribution in [0.4, 0.5) is 8.63 Å². The number of halogens is 2. The minimum absolute atomic E-state index is 0.433. The highest BCUT2D eigenvalue weighted by Gasteiger charge is 2.27. The molecule has 5 rings (SSSR count). The van der Waals surface area contributed by atoms with E-state index >= 15 is 0 Å². The molecule has 0 bridgehead atoms. The average Bonchev–Trinajstić information content (AvgIpc) is 3.45. The molecule has 0 N–H and O–H groups in total. The molecular weight excluding hydrogens is 405 g/mol. The van der Waals surface area contributed by atoms with Crippen LogP contribution in [0.2, 0.25) is 0 Å². The molecule has 0 atom stereocenters. The average molecular weight is 424 g/mol. The molecule has 6 heteroatoms. The molecule has 0 unspecified atom stereocenters. The van der Waals surface area contributed by atoms with Gasteiger partial charge in [0.25, 0.3) is 0 Å². The van der Waals surface area contributed by atoms with E-state index < -0.39 is 7.40 Å². The van der Waals surface area contributed by atoms with Gasteiger partial charge in [0.1, 0.15) is 5.75 Å². The highest BCUT2D eigenvalue weighted by atomic mass is 19.2. The molecule has 1 aliphatic heterocycles. The van der Waals surface area contributed by atoms with E-state index in [-0.39, 0.29) is 0 Å². The minimum Gasteiger partial charge on any atom is -0.497 e. The van der Waals surface area contributed by atoms with Crippen molar-refractivity contribution in [2.45, 2.75) is 0 Å². The topological polar surface area (TPSA) is 26.5 Å². The Morgan fingerprint density at radius 3 is 2.44 bits per heavy atom. The number of allylic oxidation sites excluding steroid dienone is 2. The summed E-state index contributed by atoms with van der Waals surface area (Å²) in [6.07, 6.45) is 3.78. The SMILES string of the molecule is COc1cccc(C2=N/C(=C(/c3ccccc3)c3cc4ccccc4n3B(F)F)C=C2)c1. The number of nitrogens with zero attached hydrogens (tertiary/aromatic N) is 2. The van der Waals surface area contributed by atoms with Crippen LogP contribution in [0.25, 0.3) is 16.5 Å². The third-order valence-corrected chi connectivity index (χ3v) is 5.52. The Balaban J connectivity index is 1.75. The summed E-state index contributed by atoms with van der Waals surface area (Å²) in [4.78, 5) is 4.83. The maximum atomic E-state index is 14.3. The third kappa shape index (κ3) is 3.54. The van der Waals surface area contributed by atoms with E-state index in [2.05, 4.69) is 0 Å². The minimum atomic E-state index is -2.68. The van der Waals surface area contributed by atoms with Gasteiger partial charge in [0, 0.05) is 22.3 Å². The summed E-state index contributed by atoms with van der Waals surface area (Å²) in [7, 11) is -1.07. The summed E-state index contributed by atoms with van der Waals surface area (Å²) < 4.78 is 34.9. The van der Waals surface area contributed by atoms with Crippen molar-refractivity contribution in [1.29, 1.82) is 0 Å². The van der Waals surface area contributed by atoms with Crippen LogP contribution in [-0.4, -0.2) is 24.7 Å². The molecule has 156 valence electrons. The van der Waals surface area contributed by atoms with Gasteiger partial charge in [-0.25, -0.2) is 4.99 Å². The molecule has 0 amide bonds.